The van der Waals surface area contributed by atoms with E-state index in [9.17, 15) is 13.2 Å². The number of nitrogen functional groups attached to an aromatic ring is 1. The molecule has 0 radical (unpaired) electrons. The summed E-state index contributed by atoms with van der Waals surface area (Å²) < 4.78 is 27.1. The molecule has 0 bridgehead atoms. The molecule has 0 saturated heterocycles. The smallest absolute Gasteiger partial charge is 0.241 e. The maximum absolute atomic E-state index is 12.4. The molecular formula is C26H26N8O3S. The fourth-order valence-electron chi connectivity index (χ4n) is 4.00. The number of carbonyl (C=O) groups excluding carboxylic acids is 1. The third kappa shape index (κ3) is 5.56. The number of hydrogen-bond acceptors (Lipinski definition) is 6. The fraction of sp³-hybridized carbons (Fsp3) is 0.154. The number of amides is 1. The molecule has 2 aromatic heterocycles. The average molecular weight is 531 g/mol. The van der Waals surface area contributed by atoms with Crippen LogP contribution in [0.2, 0.25) is 0 Å². The molecule has 0 fully saturated rings. The van der Waals surface area contributed by atoms with Crippen LogP contribution in [0.1, 0.15) is 28.3 Å². The Morgan fingerprint density at radius 3 is 2.24 bits per heavy atom. The van der Waals surface area contributed by atoms with Crippen LogP contribution in [0.4, 0.5) is 0 Å². The first kappa shape index (κ1) is 25.1. The second-order valence-electron chi connectivity index (χ2n) is 8.96. The summed E-state index contributed by atoms with van der Waals surface area (Å²) in [6.45, 7) is 1.74. The van der Waals surface area contributed by atoms with Crippen LogP contribution in [0.15, 0.2) is 65.6 Å². The van der Waals surface area contributed by atoms with Crippen LogP contribution in [0.3, 0.4) is 0 Å². The van der Waals surface area contributed by atoms with Gasteiger partial charge in [0.05, 0.1) is 39.9 Å². The van der Waals surface area contributed by atoms with Gasteiger partial charge < -0.3 is 21.0 Å². The van der Waals surface area contributed by atoms with Crippen molar-refractivity contribution in [3.05, 3.63) is 89.0 Å². The number of sulfonamides is 1. The number of carbonyl (C=O) groups is 1. The zero-order valence-electron chi connectivity index (χ0n) is 20.5. The summed E-state index contributed by atoms with van der Waals surface area (Å²) in [7, 11) is -3.77. The highest BCUT2D eigenvalue weighted by Crippen LogP contribution is 2.18. The number of H-pyrrole nitrogens is 2. The Kier molecular flexibility index (Phi) is 6.66. The molecule has 0 aliphatic carbocycles. The molecule has 2 heterocycles. The Morgan fingerprint density at radius 2 is 1.58 bits per heavy atom. The summed E-state index contributed by atoms with van der Waals surface area (Å²) in [5, 5.41) is 10.3. The van der Waals surface area contributed by atoms with Crippen molar-refractivity contribution in [1.82, 2.24) is 30.0 Å². The fourth-order valence-corrected chi connectivity index (χ4v) is 4.98. The number of aromatic amines is 2. The van der Waals surface area contributed by atoms with Gasteiger partial charge in [0, 0.05) is 12.1 Å². The van der Waals surface area contributed by atoms with Crippen molar-refractivity contribution in [3.63, 3.8) is 0 Å². The van der Waals surface area contributed by atoms with E-state index < -0.39 is 15.9 Å². The largest absolute Gasteiger partial charge is 0.384 e. The van der Waals surface area contributed by atoms with Crippen LogP contribution >= 0.6 is 0 Å². The van der Waals surface area contributed by atoms with E-state index in [-0.39, 0.29) is 23.8 Å². The highest BCUT2D eigenvalue weighted by molar-refractivity contribution is 7.89. The van der Waals surface area contributed by atoms with Gasteiger partial charge in [-0.25, -0.2) is 23.1 Å². The van der Waals surface area contributed by atoms with Crippen LogP contribution in [0, 0.1) is 12.3 Å². The molecule has 38 heavy (non-hydrogen) atoms. The van der Waals surface area contributed by atoms with Crippen molar-refractivity contribution >= 4 is 43.8 Å². The number of rotatable bonds is 9. The van der Waals surface area contributed by atoms with Crippen molar-refractivity contribution in [2.45, 2.75) is 24.8 Å². The van der Waals surface area contributed by atoms with Crippen LogP contribution in [-0.2, 0) is 27.8 Å². The lowest BCUT2D eigenvalue weighted by molar-refractivity contribution is -0.120. The molecule has 0 atom stereocenters. The predicted octanol–water partition coefficient (Wildman–Crippen LogP) is 2.22. The van der Waals surface area contributed by atoms with Crippen molar-refractivity contribution in [2.75, 3.05) is 6.54 Å². The van der Waals surface area contributed by atoms with Gasteiger partial charge in [0.2, 0.25) is 15.9 Å². The minimum Gasteiger partial charge on any atom is -0.384 e. The van der Waals surface area contributed by atoms with Crippen molar-refractivity contribution in [3.8, 4) is 0 Å². The zero-order valence-corrected chi connectivity index (χ0v) is 21.3. The summed E-state index contributed by atoms with van der Waals surface area (Å²) in [4.78, 5) is 28.1. The topological polar surface area (TPSA) is 182 Å². The molecule has 1 amide bonds. The van der Waals surface area contributed by atoms with Gasteiger partial charge in [-0.05, 0) is 55.0 Å². The van der Waals surface area contributed by atoms with Crippen LogP contribution in [-0.4, -0.2) is 46.6 Å². The number of aromatic nitrogens is 4. The molecule has 0 unspecified atom stereocenters. The zero-order chi connectivity index (χ0) is 26.9. The van der Waals surface area contributed by atoms with Gasteiger partial charge in [0.1, 0.15) is 17.5 Å². The molecule has 0 saturated carbocycles. The third-order valence-corrected chi connectivity index (χ3v) is 7.43. The molecule has 194 valence electrons. The highest BCUT2D eigenvalue weighted by Gasteiger charge is 2.15. The van der Waals surface area contributed by atoms with Crippen molar-refractivity contribution < 1.29 is 13.2 Å². The monoisotopic (exact) mass is 530 g/mol. The number of hydrogen-bond donors (Lipinski definition) is 6. The second kappa shape index (κ2) is 10.1. The third-order valence-electron chi connectivity index (χ3n) is 6.02. The van der Waals surface area contributed by atoms with E-state index in [2.05, 4.69) is 30.0 Å². The molecule has 3 aromatic carbocycles. The van der Waals surface area contributed by atoms with E-state index >= 15 is 0 Å². The Hall–Kier alpha value is -4.55. The predicted molar refractivity (Wildman–Crippen MR) is 144 cm³/mol. The maximum Gasteiger partial charge on any atom is 0.241 e. The minimum atomic E-state index is -3.77. The van der Waals surface area contributed by atoms with E-state index in [0.29, 0.717) is 12.0 Å². The molecule has 0 spiro atoms. The number of amidine groups is 1. The van der Waals surface area contributed by atoms with Crippen molar-refractivity contribution in [1.29, 1.82) is 5.41 Å². The number of aryl methyl sites for hydroxylation is 1. The quantitative estimate of drug-likeness (QED) is 0.125. The normalized spacial score (nSPS) is 11.7. The maximum atomic E-state index is 12.4. The molecular weight excluding hydrogens is 504 g/mol. The van der Waals surface area contributed by atoms with E-state index in [4.69, 9.17) is 11.1 Å². The SMILES string of the molecule is Cc1ccc(S(=O)(=O)NCC(=O)NCc2ccc3nc(Cc4nc5ccc(C(=N)N)cc5[nH]4)[nH]c3c2)cc1. The summed E-state index contributed by atoms with van der Waals surface area (Å²) in [5.74, 6) is 0.998. The number of nitrogens with zero attached hydrogens (tertiary/aromatic N) is 2. The average Bonchev–Trinajstić information content (AvgIpc) is 3.48. The standard InChI is InChI=1S/C26H26N8O3S/c1-15-2-6-18(7-3-15)38(36,37)30-14-25(35)29-13-16-4-8-19-21(10-16)33-23(31-19)12-24-32-20-9-5-17(26(27)28)11-22(20)34-24/h2-11,30H,12-14H2,1H3,(H3,27,28)(H,29,35)(H,31,33)(H,32,34). The van der Waals surface area contributed by atoms with E-state index in [1.165, 1.54) is 12.1 Å². The van der Waals surface area contributed by atoms with Gasteiger partial charge >= 0.3 is 0 Å². The number of benzene rings is 3. The molecule has 0 aliphatic heterocycles. The summed E-state index contributed by atoms with van der Waals surface area (Å²) >= 11 is 0. The number of fused-ring (bicyclic) bond motifs is 2. The van der Waals surface area contributed by atoms with Gasteiger partial charge in [-0.15, -0.1) is 0 Å². The Labute approximate surface area is 218 Å². The van der Waals surface area contributed by atoms with E-state index in [0.717, 1.165) is 44.8 Å². The Morgan fingerprint density at radius 1 is 0.947 bits per heavy atom. The molecule has 11 nitrogen and oxygen atoms in total. The lowest BCUT2D eigenvalue weighted by atomic mass is 10.2. The second-order valence-corrected chi connectivity index (χ2v) is 10.7. The lowest BCUT2D eigenvalue weighted by Crippen LogP contribution is -2.36. The molecule has 5 aromatic rings. The molecule has 7 N–H and O–H groups in total. The minimum absolute atomic E-state index is 0.00382. The first-order chi connectivity index (χ1) is 18.2. The highest BCUT2D eigenvalue weighted by atomic mass is 32.2. The summed E-state index contributed by atoms with van der Waals surface area (Å²) in [5.41, 5.74) is 11.1. The van der Waals surface area contributed by atoms with Gasteiger partial charge in [-0.2, -0.15) is 0 Å². The Balaban J connectivity index is 1.20. The lowest BCUT2D eigenvalue weighted by Gasteiger charge is -2.08. The van der Waals surface area contributed by atoms with Crippen LogP contribution < -0.4 is 15.8 Å². The molecule has 0 aliphatic rings. The number of imidazole rings is 2. The van der Waals surface area contributed by atoms with Gasteiger partial charge in [-0.3, -0.25) is 10.2 Å². The molecule has 5 rings (SSSR count). The first-order valence-electron chi connectivity index (χ1n) is 11.8. The van der Waals surface area contributed by atoms with E-state index in [1.807, 2.05) is 31.2 Å². The van der Waals surface area contributed by atoms with E-state index in [1.54, 1.807) is 24.3 Å². The summed E-state index contributed by atoms with van der Waals surface area (Å²) in [6.07, 6.45) is 0.450. The van der Waals surface area contributed by atoms with Gasteiger partial charge in [0.25, 0.3) is 0 Å². The van der Waals surface area contributed by atoms with Crippen LogP contribution in [0.5, 0.6) is 0 Å². The number of nitrogens with one attached hydrogen (secondary N) is 5. The van der Waals surface area contributed by atoms with Gasteiger partial charge in [-0.1, -0.05) is 23.8 Å². The summed E-state index contributed by atoms with van der Waals surface area (Å²) in [6, 6.07) is 17.4. The first-order valence-corrected chi connectivity index (χ1v) is 13.3. The van der Waals surface area contributed by atoms with Gasteiger partial charge in [0.15, 0.2) is 0 Å². The Bertz CT molecular complexity index is 1770. The van der Waals surface area contributed by atoms with Crippen molar-refractivity contribution in [2.24, 2.45) is 5.73 Å². The number of nitrogens with two attached hydrogens (primary N) is 1. The molecule has 12 heteroatoms. The van der Waals surface area contributed by atoms with Crippen LogP contribution in [0.25, 0.3) is 22.1 Å².